The van der Waals surface area contributed by atoms with Gasteiger partial charge in [-0.05, 0) is 49.9 Å². The molecule has 0 saturated heterocycles. The molecule has 0 bridgehead atoms. The summed E-state index contributed by atoms with van der Waals surface area (Å²) in [7, 11) is 0. The average Bonchev–Trinajstić information content (AvgIpc) is 2.92. The minimum Gasteiger partial charge on any atom is -0.0795 e. The molecule has 0 aromatic heterocycles. The van der Waals surface area contributed by atoms with Gasteiger partial charge in [-0.15, -0.1) is 0 Å². The van der Waals surface area contributed by atoms with E-state index in [-0.39, 0.29) is 0 Å². The van der Waals surface area contributed by atoms with Crippen molar-refractivity contribution < 1.29 is 0 Å². The highest BCUT2D eigenvalue weighted by atomic mass is 14.2. The molecular weight excluding hydrogens is 228 g/mol. The third-order valence-electron chi connectivity index (χ3n) is 4.40. The van der Waals surface area contributed by atoms with E-state index in [1.54, 1.807) is 0 Å². The van der Waals surface area contributed by atoms with Crippen LogP contribution in [-0.2, 0) is 6.42 Å². The van der Waals surface area contributed by atoms with Gasteiger partial charge in [0.2, 0.25) is 0 Å². The minimum atomic E-state index is 1.08. The van der Waals surface area contributed by atoms with Crippen molar-refractivity contribution in [1.29, 1.82) is 0 Å². The maximum absolute atomic E-state index is 2.36. The van der Waals surface area contributed by atoms with Crippen molar-refractivity contribution in [3.63, 3.8) is 0 Å². The maximum atomic E-state index is 2.36. The van der Waals surface area contributed by atoms with Gasteiger partial charge in [0.15, 0.2) is 0 Å². The molecule has 0 aliphatic heterocycles. The Balaban J connectivity index is 2.19. The largest absolute Gasteiger partial charge is 0.0795 e. The van der Waals surface area contributed by atoms with Gasteiger partial charge in [-0.25, -0.2) is 0 Å². The Bertz CT molecular complexity index is 958. The zero-order valence-electron chi connectivity index (χ0n) is 10.5. The van der Waals surface area contributed by atoms with E-state index in [4.69, 9.17) is 0 Å². The van der Waals surface area contributed by atoms with Crippen LogP contribution in [0.25, 0.3) is 38.4 Å². The van der Waals surface area contributed by atoms with E-state index in [9.17, 15) is 0 Å². The smallest absolute Gasteiger partial charge is 0.00206 e. The zero-order chi connectivity index (χ0) is 12.4. The predicted octanol–water partition coefficient (Wildman–Crippen LogP) is 5.15. The molecule has 4 aromatic rings. The van der Waals surface area contributed by atoms with Crippen molar-refractivity contribution in [2.24, 2.45) is 0 Å². The molecule has 0 saturated carbocycles. The van der Waals surface area contributed by atoms with Crippen molar-refractivity contribution in [2.75, 3.05) is 0 Å². The second kappa shape index (κ2) is 3.16. The fourth-order valence-corrected chi connectivity index (χ4v) is 3.56. The first-order valence-corrected chi connectivity index (χ1v) is 6.78. The molecule has 0 unspecified atom stereocenters. The zero-order valence-corrected chi connectivity index (χ0v) is 10.5. The Kier molecular flexibility index (Phi) is 1.59. The van der Waals surface area contributed by atoms with Gasteiger partial charge in [0.05, 0.1) is 0 Å². The normalized spacial score (nSPS) is 13.9. The van der Waals surface area contributed by atoms with Crippen molar-refractivity contribution >= 4 is 38.4 Å². The maximum Gasteiger partial charge on any atom is -0.00206 e. The summed E-state index contributed by atoms with van der Waals surface area (Å²) in [6.07, 6.45) is 5.62. The first kappa shape index (κ1) is 9.57. The Hall–Kier alpha value is -2.34. The Morgan fingerprint density at radius 3 is 2.42 bits per heavy atom. The highest BCUT2D eigenvalue weighted by molar-refractivity contribution is 6.24. The average molecular weight is 240 g/mol. The van der Waals surface area contributed by atoms with Gasteiger partial charge in [-0.2, -0.15) is 0 Å². The molecule has 0 N–H and O–H groups in total. The lowest BCUT2D eigenvalue weighted by Crippen LogP contribution is -1.89. The number of benzene rings is 4. The summed E-state index contributed by atoms with van der Waals surface area (Å²) in [4.78, 5) is 0. The molecule has 0 fully saturated rings. The lowest BCUT2D eigenvalue weighted by Gasteiger charge is -2.13. The molecule has 0 spiro atoms. The van der Waals surface area contributed by atoms with Crippen molar-refractivity contribution in [1.82, 2.24) is 0 Å². The summed E-state index contributed by atoms with van der Waals surface area (Å²) in [6, 6.07) is 18.0. The molecule has 88 valence electrons. The highest BCUT2D eigenvalue weighted by Gasteiger charge is 2.14. The third kappa shape index (κ3) is 1.09. The molecule has 0 heterocycles. The van der Waals surface area contributed by atoms with Crippen LogP contribution in [0.15, 0.2) is 54.6 Å². The molecule has 0 amide bonds. The number of allylic oxidation sites excluding steroid dienone is 1. The molecule has 0 nitrogen and oxygen atoms in total. The van der Waals surface area contributed by atoms with Crippen LogP contribution in [0.4, 0.5) is 0 Å². The van der Waals surface area contributed by atoms with Crippen LogP contribution in [0.1, 0.15) is 11.1 Å². The van der Waals surface area contributed by atoms with Crippen LogP contribution < -0.4 is 0 Å². The SMILES string of the molecule is C1=Cc2c(cc3ccc4cccc5ccc2c3c45)C1. The highest BCUT2D eigenvalue weighted by Crippen LogP contribution is 2.39. The summed E-state index contributed by atoms with van der Waals surface area (Å²) in [5, 5.41) is 8.32. The minimum absolute atomic E-state index is 1.08. The topological polar surface area (TPSA) is 0 Å². The van der Waals surface area contributed by atoms with E-state index in [1.807, 2.05) is 0 Å². The number of rotatable bonds is 0. The van der Waals surface area contributed by atoms with Gasteiger partial charge >= 0.3 is 0 Å². The molecule has 19 heavy (non-hydrogen) atoms. The van der Waals surface area contributed by atoms with Crippen molar-refractivity contribution in [3.05, 3.63) is 65.7 Å². The van der Waals surface area contributed by atoms with E-state index >= 15 is 0 Å². The molecule has 0 atom stereocenters. The summed E-state index contributed by atoms with van der Waals surface area (Å²) < 4.78 is 0. The summed E-state index contributed by atoms with van der Waals surface area (Å²) >= 11 is 0. The summed E-state index contributed by atoms with van der Waals surface area (Å²) in [6.45, 7) is 0. The summed E-state index contributed by atoms with van der Waals surface area (Å²) in [5.41, 5.74) is 2.89. The molecule has 1 aliphatic rings. The monoisotopic (exact) mass is 240 g/mol. The van der Waals surface area contributed by atoms with E-state index in [2.05, 4.69) is 60.7 Å². The number of hydrogen-bond donors (Lipinski definition) is 0. The third-order valence-corrected chi connectivity index (χ3v) is 4.40. The molecule has 0 radical (unpaired) electrons. The first-order chi connectivity index (χ1) is 9.42. The van der Waals surface area contributed by atoms with Crippen LogP contribution >= 0.6 is 0 Å². The first-order valence-electron chi connectivity index (χ1n) is 6.78. The van der Waals surface area contributed by atoms with E-state index in [1.165, 1.54) is 43.4 Å². The van der Waals surface area contributed by atoms with Crippen LogP contribution in [0, 0.1) is 0 Å². The van der Waals surface area contributed by atoms with Crippen LogP contribution in [-0.4, -0.2) is 0 Å². The van der Waals surface area contributed by atoms with Gasteiger partial charge in [0.25, 0.3) is 0 Å². The second-order valence-corrected chi connectivity index (χ2v) is 5.41. The van der Waals surface area contributed by atoms with Crippen LogP contribution in [0.5, 0.6) is 0 Å². The van der Waals surface area contributed by atoms with Gasteiger partial charge in [0.1, 0.15) is 0 Å². The standard InChI is InChI=1S/C19H12/c1-3-12-7-8-15-11-14-5-2-6-16(14)17-10-9-13(4-1)18(12)19(15)17/h1-4,6-11H,5H2. The Morgan fingerprint density at radius 2 is 1.53 bits per heavy atom. The van der Waals surface area contributed by atoms with Crippen LogP contribution in [0.3, 0.4) is 0 Å². The quantitative estimate of drug-likeness (QED) is 0.373. The molecular formula is C19H12. The molecule has 1 aliphatic carbocycles. The van der Waals surface area contributed by atoms with E-state index in [0.717, 1.165) is 6.42 Å². The molecule has 0 heteroatoms. The van der Waals surface area contributed by atoms with Gasteiger partial charge in [0, 0.05) is 0 Å². The Morgan fingerprint density at radius 1 is 0.737 bits per heavy atom. The van der Waals surface area contributed by atoms with Gasteiger partial charge in [-0.3, -0.25) is 0 Å². The second-order valence-electron chi connectivity index (χ2n) is 5.41. The molecule has 4 aromatic carbocycles. The molecule has 5 rings (SSSR count). The lowest BCUT2D eigenvalue weighted by atomic mass is 9.90. The van der Waals surface area contributed by atoms with E-state index < -0.39 is 0 Å². The van der Waals surface area contributed by atoms with Crippen molar-refractivity contribution in [3.8, 4) is 0 Å². The predicted molar refractivity (Wildman–Crippen MR) is 82.9 cm³/mol. The number of hydrogen-bond acceptors (Lipinski definition) is 0. The van der Waals surface area contributed by atoms with Crippen LogP contribution in [0.2, 0.25) is 0 Å². The fraction of sp³-hybridized carbons (Fsp3) is 0.0526. The van der Waals surface area contributed by atoms with Gasteiger partial charge < -0.3 is 0 Å². The Labute approximate surface area is 111 Å². The lowest BCUT2D eigenvalue weighted by molar-refractivity contribution is 1.33. The van der Waals surface area contributed by atoms with Gasteiger partial charge in [-0.1, -0.05) is 60.7 Å². The van der Waals surface area contributed by atoms with Crippen molar-refractivity contribution in [2.45, 2.75) is 6.42 Å². The number of fused-ring (bicyclic) bond motifs is 2. The van der Waals surface area contributed by atoms with E-state index in [0.29, 0.717) is 0 Å². The fourth-order valence-electron chi connectivity index (χ4n) is 3.56. The summed E-state index contributed by atoms with van der Waals surface area (Å²) in [5.74, 6) is 0.